The van der Waals surface area contributed by atoms with Crippen molar-refractivity contribution >= 4 is 5.91 Å². The molecule has 0 aromatic heterocycles. The van der Waals surface area contributed by atoms with Crippen molar-refractivity contribution in [2.24, 2.45) is 0 Å². The van der Waals surface area contributed by atoms with Crippen molar-refractivity contribution in [2.75, 3.05) is 6.61 Å². The minimum Gasteiger partial charge on any atom is -0.394 e. The maximum absolute atomic E-state index is 12.4. The molecule has 0 saturated carbocycles. The average Bonchev–Trinajstić information content (AvgIpc) is 3.03. The molecule has 258 valence electrons. The highest BCUT2D eigenvalue weighted by atomic mass is 16.3. The summed E-state index contributed by atoms with van der Waals surface area (Å²) in [5, 5.41) is 43.2. The first-order valence-electron chi connectivity index (χ1n) is 18.4. The molecule has 0 aromatic carbocycles. The van der Waals surface area contributed by atoms with E-state index in [1.54, 1.807) is 0 Å². The second kappa shape index (κ2) is 32.9. The van der Waals surface area contributed by atoms with Crippen molar-refractivity contribution in [3.63, 3.8) is 0 Å². The van der Waals surface area contributed by atoms with Gasteiger partial charge in [-0.25, -0.2) is 0 Å². The predicted octanol–water partition coefficient (Wildman–Crippen LogP) is 8.62. The smallest absolute Gasteiger partial charge is 0.249 e. The number of aliphatic hydroxyl groups is 4. The monoisotopic (exact) mass is 622 g/mol. The van der Waals surface area contributed by atoms with Gasteiger partial charge in [-0.05, 0) is 70.6 Å². The Morgan fingerprint density at radius 2 is 1.02 bits per heavy atom. The number of allylic oxidation sites excluding steroid dienone is 6. The van der Waals surface area contributed by atoms with E-state index in [-0.39, 0.29) is 0 Å². The highest BCUT2D eigenvalue weighted by molar-refractivity contribution is 5.80. The average molecular weight is 622 g/mol. The van der Waals surface area contributed by atoms with Crippen LogP contribution in [0.2, 0.25) is 0 Å². The Kier molecular flexibility index (Phi) is 31.8. The zero-order valence-electron chi connectivity index (χ0n) is 28.6. The molecule has 0 aromatic rings. The third-order valence-corrected chi connectivity index (χ3v) is 8.31. The number of carbonyl (C=O) groups excluding carboxylic acids is 1. The molecule has 4 unspecified atom stereocenters. The van der Waals surface area contributed by atoms with Gasteiger partial charge in [0.25, 0.3) is 0 Å². The molecule has 0 saturated heterocycles. The van der Waals surface area contributed by atoms with Gasteiger partial charge >= 0.3 is 0 Å². The molecule has 0 rings (SSSR count). The van der Waals surface area contributed by atoms with Crippen LogP contribution in [0, 0.1) is 0 Å². The number of amides is 1. The minimum atomic E-state index is -1.29. The van der Waals surface area contributed by atoms with Gasteiger partial charge in [-0.2, -0.15) is 0 Å². The molecule has 1 amide bonds. The summed E-state index contributed by atoms with van der Waals surface area (Å²) in [5.74, 6) is -0.607. The van der Waals surface area contributed by atoms with E-state index in [1.807, 2.05) is 0 Å². The number of rotatable bonds is 32. The topological polar surface area (TPSA) is 110 Å². The number of unbranched alkanes of at least 4 members (excludes halogenated alkanes) is 17. The molecule has 0 heterocycles. The first kappa shape index (κ1) is 42.5. The Morgan fingerprint density at radius 3 is 1.55 bits per heavy atom. The van der Waals surface area contributed by atoms with Crippen LogP contribution in [-0.2, 0) is 4.79 Å². The summed E-state index contributed by atoms with van der Waals surface area (Å²) in [7, 11) is 0. The lowest BCUT2D eigenvalue weighted by Crippen LogP contribution is -2.53. The second-order valence-electron chi connectivity index (χ2n) is 12.5. The van der Waals surface area contributed by atoms with Gasteiger partial charge in [-0.3, -0.25) is 4.79 Å². The number of aliphatic hydroxyl groups excluding tert-OH is 4. The fourth-order valence-corrected chi connectivity index (χ4v) is 5.36. The Labute approximate surface area is 271 Å². The van der Waals surface area contributed by atoms with Crippen LogP contribution in [0.5, 0.6) is 0 Å². The maximum Gasteiger partial charge on any atom is 0.249 e. The van der Waals surface area contributed by atoms with Crippen LogP contribution >= 0.6 is 0 Å². The third-order valence-electron chi connectivity index (χ3n) is 8.31. The summed E-state index contributed by atoms with van der Waals surface area (Å²) in [4.78, 5) is 12.4. The van der Waals surface area contributed by atoms with Gasteiger partial charge in [0.2, 0.25) is 5.91 Å². The molecule has 0 spiro atoms. The molecule has 0 radical (unpaired) electrons. The summed E-state index contributed by atoms with van der Waals surface area (Å²) in [6.45, 7) is 3.88. The molecule has 0 aliphatic heterocycles. The lowest BCUT2D eigenvalue weighted by atomic mass is 10.00. The van der Waals surface area contributed by atoms with Crippen molar-refractivity contribution < 1.29 is 25.2 Å². The summed E-state index contributed by atoms with van der Waals surface area (Å²) < 4.78 is 0. The van der Waals surface area contributed by atoms with E-state index in [9.17, 15) is 25.2 Å². The van der Waals surface area contributed by atoms with Crippen molar-refractivity contribution in [1.29, 1.82) is 0 Å². The number of nitrogens with one attached hydrogen (secondary N) is 1. The van der Waals surface area contributed by atoms with Gasteiger partial charge in [0.15, 0.2) is 0 Å². The van der Waals surface area contributed by atoms with Crippen LogP contribution in [0.3, 0.4) is 0 Å². The molecule has 0 fully saturated rings. The SMILES string of the molecule is CC/C=C/CC/C=C/CCCC(O)C(O)C(CO)NC(=O)C(O)CCCCCCCC/C=C\CCCCCCCCCCC. The molecule has 0 aliphatic rings. The molecular weight excluding hydrogens is 550 g/mol. The lowest BCUT2D eigenvalue weighted by molar-refractivity contribution is -0.132. The first-order valence-corrected chi connectivity index (χ1v) is 18.4. The molecule has 44 heavy (non-hydrogen) atoms. The Hall–Kier alpha value is -1.47. The van der Waals surface area contributed by atoms with Gasteiger partial charge in [0.05, 0.1) is 18.8 Å². The van der Waals surface area contributed by atoms with Crippen LogP contribution in [0.25, 0.3) is 0 Å². The molecule has 0 aliphatic carbocycles. The van der Waals surface area contributed by atoms with Crippen LogP contribution in [0.1, 0.15) is 168 Å². The number of carbonyl (C=O) groups is 1. The Bertz CT molecular complexity index is 707. The summed E-state index contributed by atoms with van der Waals surface area (Å²) in [6.07, 6.45) is 36.1. The Morgan fingerprint density at radius 1 is 0.568 bits per heavy atom. The largest absolute Gasteiger partial charge is 0.394 e. The fraction of sp³-hybridized carbons (Fsp3) is 0.816. The quantitative estimate of drug-likeness (QED) is 0.0382. The third kappa shape index (κ3) is 26.9. The minimum absolute atomic E-state index is 0.352. The molecule has 0 bridgehead atoms. The van der Waals surface area contributed by atoms with Gasteiger partial charge < -0.3 is 25.7 Å². The maximum atomic E-state index is 12.4. The molecule has 5 N–H and O–H groups in total. The van der Waals surface area contributed by atoms with Gasteiger partial charge in [-0.1, -0.05) is 134 Å². The van der Waals surface area contributed by atoms with E-state index >= 15 is 0 Å². The van der Waals surface area contributed by atoms with Crippen molar-refractivity contribution in [1.82, 2.24) is 5.32 Å². The lowest BCUT2D eigenvalue weighted by Gasteiger charge is -2.27. The van der Waals surface area contributed by atoms with Crippen molar-refractivity contribution in [2.45, 2.75) is 192 Å². The van der Waals surface area contributed by atoms with Crippen molar-refractivity contribution in [3.8, 4) is 0 Å². The van der Waals surface area contributed by atoms with Gasteiger partial charge in [0.1, 0.15) is 12.2 Å². The zero-order valence-corrected chi connectivity index (χ0v) is 28.6. The molecular formula is C38H71NO5. The van der Waals surface area contributed by atoms with Gasteiger partial charge in [0, 0.05) is 0 Å². The van der Waals surface area contributed by atoms with E-state index in [2.05, 4.69) is 55.6 Å². The normalized spacial score (nSPS) is 15.0. The van der Waals surface area contributed by atoms with E-state index in [0.29, 0.717) is 19.3 Å². The van der Waals surface area contributed by atoms with Gasteiger partial charge in [-0.15, -0.1) is 0 Å². The zero-order chi connectivity index (χ0) is 32.5. The number of hydrogen-bond acceptors (Lipinski definition) is 5. The molecule has 6 nitrogen and oxygen atoms in total. The van der Waals surface area contributed by atoms with E-state index in [0.717, 1.165) is 57.8 Å². The highest BCUT2D eigenvalue weighted by Crippen LogP contribution is 2.14. The molecule has 4 atom stereocenters. The highest BCUT2D eigenvalue weighted by Gasteiger charge is 2.28. The van der Waals surface area contributed by atoms with E-state index in [4.69, 9.17) is 0 Å². The van der Waals surface area contributed by atoms with Crippen LogP contribution in [0.4, 0.5) is 0 Å². The van der Waals surface area contributed by atoms with Crippen molar-refractivity contribution in [3.05, 3.63) is 36.5 Å². The van der Waals surface area contributed by atoms with Crippen LogP contribution in [0.15, 0.2) is 36.5 Å². The summed E-state index contributed by atoms with van der Waals surface area (Å²) in [6, 6.07) is -1.01. The summed E-state index contributed by atoms with van der Waals surface area (Å²) in [5.41, 5.74) is 0. The van der Waals surface area contributed by atoms with E-state index < -0.39 is 36.9 Å². The Balaban J connectivity index is 3.81. The fourth-order valence-electron chi connectivity index (χ4n) is 5.36. The predicted molar refractivity (Wildman–Crippen MR) is 187 cm³/mol. The second-order valence-corrected chi connectivity index (χ2v) is 12.5. The molecule has 6 heteroatoms. The summed E-state index contributed by atoms with van der Waals surface area (Å²) >= 11 is 0. The van der Waals surface area contributed by atoms with Crippen LogP contribution < -0.4 is 5.32 Å². The number of hydrogen-bond donors (Lipinski definition) is 5. The first-order chi connectivity index (χ1) is 21.5. The van der Waals surface area contributed by atoms with E-state index in [1.165, 1.54) is 77.0 Å². The standard InChI is InChI=1S/C38H71NO5/c1-3-5-7-9-11-13-14-15-16-17-18-19-20-21-22-24-26-28-30-32-36(42)38(44)39-34(33-40)37(43)35(41)31-29-27-25-23-12-10-8-6-4-2/h6,8,18-19,23,25,34-37,40-43H,3-5,7,9-17,20-22,24,26-33H2,1-2H3,(H,39,44)/b8-6+,19-18-,25-23+. The van der Waals surface area contributed by atoms with Crippen LogP contribution in [-0.4, -0.2) is 57.3 Å².